The van der Waals surface area contributed by atoms with E-state index >= 15 is 0 Å². The van der Waals surface area contributed by atoms with Crippen molar-refractivity contribution in [2.45, 2.75) is 40.7 Å². The smallest absolute Gasteiger partial charge is 0.373 e. The van der Waals surface area contributed by atoms with Gasteiger partial charge in [0, 0.05) is 6.54 Å². The van der Waals surface area contributed by atoms with Crippen molar-refractivity contribution in [3.8, 4) is 0 Å². The second-order valence-corrected chi connectivity index (χ2v) is 5.94. The molecule has 0 aliphatic rings. The maximum atomic E-state index is 11.3. The van der Waals surface area contributed by atoms with E-state index in [0.29, 0.717) is 5.92 Å². The van der Waals surface area contributed by atoms with E-state index in [9.17, 15) is 4.79 Å². The molecule has 4 nitrogen and oxygen atoms in total. The number of hydrogen-bond acceptors (Lipinski definition) is 4. The lowest BCUT2D eigenvalue weighted by Gasteiger charge is -2.30. The molecule has 1 rings (SSSR count). The summed E-state index contributed by atoms with van der Waals surface area (Å²) in [5, 5.41) is 3.44. The van der Waals surface area contributed by atoms with Crippen LogP contribution in [-0.4, -0.2) is 19.6 Å². The Morgan fingerprint density at radius 1 is 1.37 bits per heavy atom. The Bertz CT molecular complexity index is 421. The molecule has 0 aliphatic heterocycles. The largest absolute Gasteiger partial charge is 0.463 e. The molecule has 0 amide bonds. The number of methoxy groups -OCH3 is 1. The van der Waals surface area contributed by atoms with E-state index in [2.05, 4.69) is 37.7 Å². The number of furan rings is 1. The Balaban J connectivity index is 2.61. The number of esters is 1. The number of nitrogens with one attached hydrogen (secondary N) is 1. The molecule has 1 unspecified atom stereocenters. The van der Waals surface area contributed by atoms with E-state index in [1.54, 1.807) is 6.07 Å². The van der Waals surface area contributed by atoms with Gasteiger partial charge in [-0.1, -0.05) is 27.7 Å². The van der Waals surface area contributed by atoms with Crippen LogP contribution < -0.4 is 5.32 Å². The highest BCUT2D eigenvalue weighted by molar-refractivity contribution is 5.86. The third kappa shape index (κ3) is 4.10. The van der Waals surface area contributed by atoms with Crippen molar-refractivity contribution < 1.29 is 13.9 Å². The zero-order chi connectivity index (χ0) is 14.6. The van der Waals surface area contributed by atoms with Gasteiger partial charge in [-0.15, -0.1) is 0 Å². The van der Waals surface area contributed by atoms with Gasteiger partial charge in [0.15, 0.2) is 0 Å². The molecule has 0 bridgehead atoms. The van der Waals surface area contributed by atoms with Gasteiger partial charge in [0.2, 0.25) is 5.76 Å². The van der Waals surface area contributed by atoms with Crippen LogP contribution in [0.15, 0.2) is 16.5 Å². The highest BCUT2D eigenvalue weighted by Crippen LogP contribution is 2.26. The molecule has 1 heterocycles. The van der Waals surface area contributed by atoms with E-state index < -0.39 is 5.97 Å². The fourth-order valence-corrected chi connectivity index (χ4v) is 1.52. The summed E-state index contributed by atoms with van der Waals surface area (Å²) in [5.74, 6) is 1.14. The van der Waals surface area contributed by atoms with Gasteiger partial charge in [0.25, 0.3) is 0 Å². The predicted molar refractivity (Wildman–Crippen MR) is 75.1 cm³/mol. The van der Waals surface area contributed by atoms with Crippen molar-refractivity contribution in [1.82, 2.24) is 5.32 Å². The molecular weight excluding hydrogens is 242 g/mol. The third-order valence-electron chi connectivity index (χ3n) is 3.87. The highest BCUT2D eigenvalue weighted by Gasteiger charge is 2.23. The summed E-state index contributed by atoms with van der Waals surface area (Å²) in [6, 6.07) is 3.52. The first-order valence-electron chi connectivity index (χ1n) is 6.69. The van der Waals surface area contributed by atoms with Crippen LogP contribution in [0, 0.1) is 11.3 Å². The maximum absolute atomic E-state index is 11.3. The quantitative estimate of drug-likeness (QED) is 0.803. The van der Waals surface area contributed by atoms with Gasteiger partial charge in [-0.2, -0.15) is 0 Å². The molecule has 0 spiro atoms. The van der Waals surface area contributed by atoms with Crippen molar-refractivity contribution in [3.63, 3.8) is 0 Å². The first-order valence-corrected chi connectivity index (χ1v) is 6.69. The van der Waals surface area contributed by atoms with E-state index in [-0.39, 0.29) is 17.2 Å². The third-order valence-corrected chi connectivity index (χ3v) is 3.87. The Morgan fingerprint density at radius 3 is 2.53 bits per heavy atom. The molecule has 0 saturated heterocycles. The summed E-state index contributed by atoms with van der Waals surface area (Å²) < 4.78 is 10.1. The summed E-state index contributed by atoms with van der Waals surface area (Å²) in [5.41, 5.74) is 0.214. The van der Waals surface area contributed by atoms with Crippen molar-refractivity contribution in [1.29, 1.82) is 0 Å². The fourth-order valence-electron chi connectivity index (χ4n) is 1.52. The van der Waals surface area contributed by atoms with Crippen LogP contribution in [-0.2, 0) is 4.74 Å². The van der Waals surface area contributed by atoms with Crippen LogP contribution in [0.1, 0.15) is 57.0 Å². The van der Waals surface area contributed by atoms with Gasteiger partial charge < -0.3 is 14.5 Å². The number of carbonyl (C=O) groups excluding carboxylic acids is 1. The first kappa shape index (κ1) is 15.8. The molecule has 0 aromatic carbocycles. The van der Waals surface area contributed by atoms with Crippen LogP contribution in [0.25, 0.3) is 0 Å². The molecule has 0 radical (unpaired) electrons. The van der Waals surface area contributed by atoms with Crippen molar-refractivity contribution in [2.24, 2.45) is 11.3 Å². The van der Waals surface area contributed by atoms with Crippen LogP contribution in [0.5, 0.6) is 0 Å². The number of carbonyl (C=O) groups is 1. The molecule has 1 aromatic heterocycles. The standard InChI is InChI=1S/C15H25NO3/c1-10(2)15(4,5)9-16-11(3)12-7-8-13(19-12)14(17)18-6/h7-8,10-11,16H,9H2,1-6H3. The lowest BCUT2D eigenvalue weighted by molar-refractivity contribution is 0.0562. The Kier molecular flexibility index (Phi) is 5.18. The average molecular weight is 267 g/mol. The zero-order valence-corrected chi connectivity index (χ0v) is 12.7. The monoisotopic (exact) mass is 267 g/mol. The molecule has 1 aromatic rings. The van der Waals surface area contributed by atoms with E-state index in [1.165, 1.54) is 7.11 Å². The lowest BCUT2D eigenvalue weighted by Crippen LogP contribution is -2.34. The summed E-state index contributed by atoms with van der Waals surface area (Å²) >= 11 is 0. The highest BCUT2D eigenvalue weighted by atomic mass is 16.5. The van der Waals surface area contributed by atoms with Crippen molar-refractivity contribution in [2.75, 3.05) is 13.7 Å². The fraction of sp³-hybridized carbons (Fsp3) is 0.667. The minimum absolute atomic E-state index is 0.0661. The van der Waals surface area contributed by atoms with Gasteiger partial charge in [0.1, 0.15) is 5.76 Å². The van der Waals surface area contributed by atoms with Gasteiger partial charge >= 0.3 is 5.97 Å². The number of hydrogen-bond donors (Lipinski definition) is 1. The summed E-state index contributed by atoms with van der Waals surface area (Å²) in [7, 11) is 1.34. The molecule has 0 saturated carbocycles. The van der Waals surface area contributed by atoms with Crippen LogP contribution >= 0.6 is 0 Å². The summed E-state index contributed by atoms with van der Waals surface area (Å²) in [4.78, 5) is 11.3. The topological polar surface area (TPSA) is 51.5 Å². The van der Waals surface area contributed by atoms with Gasteiger partial charge in [-0.3, -0.25) is 0 Å². The van der Waals surface area contributed by atoms with Gasteiger partial charge in [-0.05, 0) is 30.4 Å². The van der Waals surface area contributed by atoms with Crippen LogP contribution in [0.3, 0.4) is 0 Å². The SMILES string of the molecule is COC(=O)c1ccc(C(C)NCC(C)(C)C(C)C)o1. The predicted octanol–water partition coefficient (Wildman–Crippen LogP) is 3.40. The lowest BCUT2D eigenvalue weighted by atomic mass is 9.81. The van der Waals surface area contributed by atoms with Crippen LogP contribution in [0.2, 0.25) is 0 Å². The van der Waals surface area contributed by atoms with E-state index in [4.69, 9.17) is 4.42 Å². The second kappa shape index (κ2) is 6.24. The summed E-state index contributed by atoms with van der Waals surface area (Å²) in [6.45, 7) is 11.8. The molecular formula is C15H25NO3. The maximum Gasteiger partial charge on any atom is 0.373 e. The molecule has 0 aliphatic carbocycles. The molecule has 108 valence electrons. The first-order chi connectivity index (χ1) is 8.77. The minimum Gasteiger partial charge on any atom is -0.463 e. The Hall–Kier alpha value is -1.29. The van der Waals surface area contributed by atoms with Gasteiger partial charge in [0.05, 0.1) is 13.2 Å². The van der Waals surface area contributed by atoms with E-state index in [0.717, 1.165) is 12.3 Å². The second-order valence-electron chi connectivity index (χ2n) is 5.94. The normalized spacial score (nSPS) is 13.6. The molecule has 1 atom stereocenters. The van der Waals surface area contributed by atoms with Crippen molar-refractivity contribution in [3.05, 3.63) is 23.7 Å². The molecule has 0 fully saturated rings. The molecule has 19 heavy (non-hydrogen) atoms. The molecule has 4 heteroatoms. The average Bonchev–Trinajstić information content (AvgIpc) is 2.84. The Labute approximate surface area is 115 Å². The summed E-state index contributed by atoms with van der Waals surface area (Å²) in [6.07, 6.45) is 0. The van der Waals surface area contributed by atoms with E-state index in [1.807, 2.05) is 13.0 Å². The minimum atomic E-state index is -0.444. The van der Waals surface area contributed by atoms with Crippen LogP contribution in [0.4, 0.5) is 0 Å². The zero-order valence-electron chi connectivity index (χ0n) is 12.7. The van der Waals surface area contributed by atoms with Crippen molar-refractivity contribution >= 4 is 5.97 Å². The molecule has 1 N–H and O–H groups in total. The number of rotatable bonds is 6. The Morgan fingerprint density at radius 2 is 2.00 bits per heavy atom. The van der Waals surface area contributed by atoms with Gasteiger partial charge in [-0.25, -0.2) is 4.79 Å². The number of ether oxygens (including phenoxy) is 1.